The van der Waals surface area contributed by atoms with Crippen LogP contribution in [0.3, 0.4) is 0 Å². The highest BCUT2D eigenvalue weighted by Crippen LogP contribution is 2.23. The van der Waals surface area contributed by atoms with Crippen LogP contribution in [0.5, 0.6) is 5.75 Å². The van der Waals surface area contributed by atoms with Gasteiger partial charge >= 0.3 is 12.0 Å². The molecule has 0 aliphatic carbocycles. The minimum atomic E-state index is -1.16. The van der Waals surface area contributed by atoms with Crippen LogP contribution in [0.4, 0.5) is 16.2 Å². The van der Waals surface area contributed by atoms with Gasteiger partial charge in [-0.1, -0.05) is 12.1 Å². The molecule has 1 aromatic carbocycles. The number of aromatic nitrogens is 1. The zero-order valence-electron chi connectivity index (χ0n) is 11.2. The lowest BCUT2D eigenvalue weighted by Crippen LogP contribution is -2.20. The molecule has 0 aliphatic rings. The molecule has 2 amide bonds. The van der Waals surface area contributed by atoms with Crippen molar-refractivity contribution in [1.82, 2.24) is 4.98 Å². The molecule has 3 N–H and O–H groups in total. The summed E-state index contributed by atoms with van der Waals surface area (Å²) in [5.74, 6) is -0.641. The second kappa shape index (κ2) is 6.38. The smallest absolute Gasteiger partial charge is 0.354 e. The second-order valence-corrected chi connectivity index (χ2v) is 4.01. The molecule has 0 spiro atoms. The predicted octanol–water partition coefficient (Wildman–Crippen LogP) is 2.43. The number of para-hydroxylation sites is 2. The van der Waals surface area contributed by atoms with E-state index in [0.717, 1.165) is 0 Å². The maximum atomic E-state index is 11.9. The van der Waals surface area contributed by atoms with Crippen molar-refractivity contribution >= 4 is 23.4 Å². The molecule has 1 heterocycles. The average Bonchev–Trinajstić information content (AvgIpc) is 2.48. The molecule has 0 saturated carbocycles. The van der Waals surface area contributed by atoms with E-state index >= 15 is 0 Å². The van der Waals surface area contributed by atoms with Crippen molar-refractivity contribution in [3.05, 3.63) is 48.3 Å². The largest absolute Gasteiger partial charge is 0.495 e. The van der Waals surface area contributed by atoms with Crippen molar-refractivity contribution in [2.75, 3.05) is 17.7 Å². The fourth-order valence-electron chi connectivity index (χ4n) is 1.66. The highest BCUT2D eigenvalue weighted by molar-refractivity contribution is 6.01. The standard InChI is InChI=1S/C14H13N3O4/c1-21-12-5-3-2-4-10(12)17-14(20)16-9-6-7-15-11(8-9)13(18)19/h2-8H,1H3,(H,18,19)(H2,15,16,17,20). The molecule has 108 valence electrons. The summed E-state index contributed by atoms with van der Waals surface area (Å²) >= 11 is 0. The Labute approximate surface area is 120 Å². The maximum absolute atomic E-state index is 11.9. The number of carbonyl (C=O) groups is 2. The monoisotopic (exact) mass is 287 g/mol. The highest BCUT2D eigenvalue weighted by atomic mass is 16.5. The first kappa shape index (κ1) is 14.3. The number of nitrogens with one attached hydrogen (secondary N) is 2. The first-order chi connectivity index (χ1) is 10.1. The molecule has 21 heavy (non-hydrogen) atoms. The van der Waals surface area contributed by atoms with Gasteiger partial charge in [0.1, 0.15) is 11.4 Å². The Morgan fingerprint density at radius 2 is 1.95 bits per heavy atom. The molecular formula is C14H13N3O4. The fraction of sp³-hybridized carbons (Fsp3) is 0.0714. The van der Waals surface area contributed by atoms with Crippen LogP contribution in [-0.2, 0) is 0 Å². The average molecular weight is 287 g/mol. The van der Waals surface area contributed by atoms with Gasteiger partial charge in [-0.25, -0.2) is 14.6 Å². The van der Waals surface area contributed by atoms with E-state index in [1.54, 1.807) is 24.3 Å². The van der Waals surface area contributed by atoms with E-state index < -0.39 is 12.0 Å². The number of carbonyl (C=O) groups excluding carboxylic acids is 1. The fourth-order valence-corrected chi connectivity index (χ4v) is 1.66. The summed E-state index contributed by atoms with van der Waals surface area (Å²) in [7, 11) is 1.50. The van der Waals surface area contributed by atoms with Crippen molar-refractivity contribution in [2.45, 2.75) is 0 Å². The van der Waals surface area contributed by atoms with Gasteiger partial charge in [0.05, 0.1) is 12.8 Å². The predicted molar refractivity (Wildman–Crippen MR) is 76.8 cm³/mol. The molecule has 7 heteroatoms. The number of urea groups is 1. The van der Waals surface area contributed by atoms with Gasteiger partial charge in [-0.05, 0) is 24.3 Å². The van der Waals surface area contributed by atoms with Crippen molar-refractivity contribution in [3.63, 3.8) is 0 Å². The number of benzene rings is 1. The van der Waals surface area contributed by atoms with Crippen LogP contribution in [-0.4, -0.2) is 29.2 Å². The Balaban J connectivity index is 2.08. The molecule has 0 fully saturated rings. The molecule has 0 bridgehead atoms. The summed E-state index contributed by atoms with van der Waals surface area (Å²) in [6.07, 6.45) is 1.31. The highest BCUT2D eigenvalue weighted by Gasteiger charge is 2.09. The Bertz CT molecular complexity index is 673. The van der Waals surface area contributed by atoms with E-state index in [2.05, 4.69) is 15.6 Å². The van der Waals surface area contributed by atoms with E-state index in [4.69, 9.17) is 9.84 Å². The number of nitrogens with zero attached hydrogens (tertiary/aromatic N) is 1. The van der Waals surface area contributed by atoms with Gasteiger partial charge < -0.3 is 20.5 Å². The third kappa shape index (κ3) is 3.69. The van der Waals surface area contributed by atoms with E-state index in [1.165, 1.54) is 25.4 Å². The zero-order valence-corrected chi connectivity index (χ0v) is 11.2. The molecular weight excluding hydrogens is 274 g/mol. The summed E-state index contributed by atoms with van der Waals surface area (Å²) in [6.45, 7) is 0. The molecule has 0 atom stereocenters. The van der Waals surface area contributed by atoms with E-state index in [1.807, 2.05) is 0 Å². The second-order valence-electron chi connectivity index (χ2n) is 4.01. The van der Waals surface area contributed by atoms with Crippen LogP contribution >= 0.6 is 0 Å². The summed E-state index contributed by atoms with van der Waals surface area (Å²) in [4.78, 5) is 26.4. The lowest BCUT2D eigenvalue weighted by atomic mass is 10.3. The van der Waals surface area contributed by atoms with Gasteiger partial charge in [0.15, 0.2) is 0 Å². The van der Waals surface area contributed by atoms with Crippen LogP contribution in [0, 0.1) is 0 Å². The van der Waals surface area contributed by atoms with Crippen LogP contribution < -0.4 is 15.4 Å². The van der Waals surface area contributed by atoms with Gasteiger partial charge in [0, 0.05) is 11.9 Å². The Hall–Kier alpha value is -3.09. The Morgan fingerprint density at radius 3 is 2.67 bits per heavy atom. The molecule has 1 aromatic heterocycles. The van der Waals surface area contributed by atoms with Crippen molar-refractivity contribution in [3.8, 4) is 5.75 Å². The maximum Gasteiger partial charge on any atom is 0.354 e. The summed E-state index contributed by atoms with van der Waals surface area (Å²) < 4.78 is 5.12. The zero-order chi connectivity index (χ0) is 15.2. The number of hydrogen-bond acceptors (Lipinski definition) is 4. The minimum Gasteiger partial charge on any atom is -0.495 e. The Kier molecular flexibility index (Phi) is 4.35. The quantitative estimate of drug-likeness (QED) is 0.801. The number of aromatic carboxylic acids is 1. The third-order valence-corrected chi connectivity index (χ3v) is 2.59. The molecule has 2 aromatic rings. The Morgan fingerprint density at radius 1 is 1.19 bits per heavy atom. The number of amides is 2. The van der Waals surface area contributed by atoms with Gasteiger partial charge in [-0.2, -0.15) is 0 Å². The lowest BCUT2D eigenvalue weighted by molar-refractivity contribution is 0.0690. The lowest BCUT2D eigenvalue weighted by Gasteiger charge is -2.11. The summed E-state index contributed by atoms with van der Waals surface area (Å²) in [6, 6.07) is 9.19. The van der Waals surface area contributed by atoms with Gasteiger partial charge in [0.2, 0.25) is 0 Å². The molecule has 0 radical (unpaired) electrons. The van der Waals surface area contributed by atoms with Crippen LogP contribution in [0.2, 0.25) is 0 Å². The number of methoxy groups -OCH3 is 1. The number of ether oxygens (including phenoxy) is 1. The van der Waals surface area contributed by atoms with Gasteiger partial charge in [-0.3, -0.25) is 0 Å². The molecule has 2 rings (SSSR count). The number of carboxylic acids is 1. The third-order valence-electron chi connectivity index (χ3n) is 2.59. The van der Waals surface area contributed by atoms with Gasteiger partial charge in [-0.15, -0.1) is 0 Å². The number of carboxylic acid groups (broad SMARTS) is 1. The number of hydrogen-bond donors (Lipinski definition) is 3. The minimum absolute atomic E-state index is 0.148. The molecule has 0 unspecified atom stereocenters. The van der Waals surface area contributed by atoms with Crippen LogP contribution in [0.15, 0.2) is 42.6 Å². The van der Waals surface area contributed by atoms with E-state index in [0.29, 0.717) is 17.1 Å². The number of rotatable bonds is 4. The van der Waals surface area contributed by atoms with E-state index in [9.17, 15) is 9.59 Å². The first-order valence-electron chi connectivity index (χ1n) is 6.00. The number of anilines is 2. The molecule has 7 nitrogen and oxygen atoms in total. The van der Waals surface area contributed by atoms with Crippen LogP contribution in [0.1, 0.15) is 10.5 Å². The summed E-state index contributed by atoms with van der Waals surface area (Å²) in [5, 5.41) is 14.0. The van der Waals surface area contributed by atoms with Gasteiger partial charge in [0.25, 0.3) is 0 Å². The van der Waals surface area contributed by atoms with Crippen molar-refractivity contribution < 1.29 is 19.4 Å². The SMILES string of the molecule is COc1ccccc1NC(=O)Nc1ccnc(C(=O)O)c1. The molecule has 0 aliphatic heterocycles. The summed E-state index contributed by atoms with van der Waals surface area (Å²) in [5.41, 5.74) is 0.685. The van der Waals surface area contributed by atoms with E-state index in [-0.39, 0.29) is 5.69 Å². The normalized spacial score (nSPS) is 9.76. The number of pyridine rings is 1. The molecule has 0 saturated heterocycles. The van der Waals surface area contributed by atoms with Crippen molar-refractivity contribution in [2.24, 2.45) is 0 Å². The van der Waals surface area contributed by atoms with Crippen LogP contribution in [0.25, 0.3) is 0 Å². The topological polar surface area (TPSA) is 101 Å². The first-order valence-corrected chi connectivity index (χ1v) is 6.00. The van der Waals surface area contributed by atoms with Crippen molar-refractivity contribution in [1.29, 1.82) is 0 Å².